The van der Waals surface area contributed by atoms with Crippen molar-refractivity contribution in [1.82, 2.24) is 0 Å². The molecule has 0 aliphatic carbocycles. The second kappa shape index (κ2) is 4.10. The lowest BCUT2D eigenvalue weighted by molar-refractivity contribution is -0.124. The molecule has 2 rings (SSSR count). The average Bonchev–Trinajstić information content (AvgIpc) is 2.41. The normalized spacial score (nSPS) is 18.9. The van der Waals surface area contributed by atoms with Gasteiger partial charge in [0.1, 0.15) is 0 Å². The van der Waals surface area contributed by atoms with Gasteiger partial charge in [-0.2, -0.15) is 0 Å². The summed E-state index contributed by atoms with van der Waals surface area (Å²) < 4.78 is 0.682. The summed E-state index contributed by atoms with van der Waals surface area (Å²) in [6, 6.07) is 5.04. The number of nitrogens with zero attached hydrogens (tertiary/aromatic N) is 1. The van der Waals surface area contributed by atoms with Gasteiger partial charge in [0.05, 0.1) is 11.1 Å². The average molecular weight is 317 g/mol. The lowest BCUT2D eigenvalue weighted by Crippen LogP contribution is -2.33. The fourth-order valence-electron chi connectivity index (χ4n) is 1.85. The summed E-state index contributed by atoms with van der Waals surface area (Å²) in [4.78, 5) is 25.3. The standard InChI is InChI=1S/C12H11BrClNO2/c1-12(2)6-10(16)15(11(12)17)9-5-7(14)3-4-8(9)13/h3-5H,6H2,1-2H3. The van der Waals surface area contributed by atoms with Crippen LogP contribution in [0.5, 0.6) is 0 Å². The summed E-state index contributed by atoms with van der Waals surface area (Å²) in [5.41, 5.74) is -0.128. The Morgan fingerprint density at radius 2 is 2.00 bits per heavy atom. The SMILES string of the molecule is CC1(C)CC(=O)N(c2cc(Cl)ccc2Br)C1=O. The summed E-state index contributed by atoms with van der Waals surface area (Å²) in [6.45, 7) is 3.54. The van der Waals surface area contributed by atoms with Gasteiger partial charge in [0.15, 0.2) is 0 Å². The zero-order chi connectivity index (χ0) is 12.8. The van der Waals surface area contributed by atoms with Crippen molar-refractivity contribution in [3.8, 4) is 0 Å². The first-order valence-electron chi connectivity index (χ1n) is 5.15. The van der Waals surface area contributed by atoms with Crippen LogP contribution in [0.2, 0.25) is 5.02 Å². The van der Waals surface area contributed by atoms with Crippen LogP contribution >= 0.6 is 27.5 Å². The third-order valence-corrected chi connectivity index (χ3v) is 3.68. The van der Waals surface area contributed by atoms with E-state index in [0.717, 1.165) is 0 Å². The van der Waals surface area contributed by atoms with Gasteiger partial charge in [-0.1, -0.05) is 25.4 Å². The van der Waals surface area contributed by atoms with E-state index in [2.05, 4.69) is 15.9 Å². The Balaban J connectivity index is 2.51. The molecule has 1 aliphatic heterocycles. The molecule has 0 unspecified atom stereocenters. The van der Waals surface area contributed by atoms with Gasteiger partial charge < -0.3 is 0 Å². The lowest BCUT2D eigenvalue weighted by atomic mass is 9.92. The molecule has 1 fully saturated rings. The second-order valence-electron chi connectivity index (χ2n) is 4.69. The Morgan fingerprint density at radius 1 is 1.35 bits per heavy atom. The van der Waals surface area contributed by atoms with E-state index < -0.39 is 5.41 Å². The second-order valence-corrected chi connectivity index (χ2v) is 5.98. The quantitative estimate of drug-likeness (QED) is 0.745. The first-order chi connectivity index (χ1) is 7.83. The van der Waals surface area contributed by atoms with Crippen LogP contribution in [0.15, 0.2) is 22.7 Å². The molecule has 0 radical (unpaired) electrons. The van der Waals surface area contributed by atoms with Crippen LogP contribution < -0.4 is 4.90 Å². The van der Waals surface area contributed by atoms with E-state index in [4.69, 9.17) is 11.6 Å². The third kappa shape index (κ3) is 2.11. The van der Waals surface area contributed by atoms with Crippen molar-refractivity contribution in [3.63, 3.8) is 0 Å². The molecule has 1 saturated heterocycles. The van der Waals surface area contributed by atoms with E-state index in [9.17, 15) is 9.59 Å². The highest BCUT2D eigenvalue weighted by molar-refractivity contribution is 9.10. The highest BCUT2D eigenvalue weighted by atomic mass is 79.9. The molecule has 0 N–H and O–H groups in total. The molecule has 2 amide bonds. The van der Waals surface area contributed by atoms with E-state index in [1.807, 2.05) is 0 Å². The molecule has 0 aromatic heterocycles. The topological polar surface area (TPSA) is 37.4 Å². The van der Waals surface area contributed by atoms with Gasteiger partial charge in [-0.15, -0.1) is 0 Å². The maximum Gasteiger partial charge on any atom is 0.239 e. The molecule has 5 heteroatoms. The zero-order valence-electron chi connectivity index (χ0n) is 9.46. The van der Waals surface area contributed by atoms with Gasteiger partial charge in [-0.25, -0.2) is 4.90 Å². The first-order valence-corrected chi connectivity index (χ1v) is 6.32. The summed E-state index contributed by atoms with van der Waals surface area (Å²) in [5.74, 6) is -0.381. The predicted molar refractivity (Wildman–Crippen MR) is 70.0 cm³/mol. The minimum Gasteiger partial charge on any atom is -0.274 e. The number of hydrogen-bond donors (Lipinski definition) is 0. The number of anilines is 1. The summed E-state index contributed by atoms with van der Waals surface area (Å²) in [5, 5.41) is 0.494. The van der Waals surface area contributed by atoms with Gasteiger partial charge in [0, 0.05) is 15.9 Å². The van der Waals surface area contributed by atoms with Gasteiger partial charge in [0.25, 0.3) is 0 Å². The Hall–Kier alpha value is -0.870. The molecule has 1 aromatic rings. The number of benzene rings is 1. The molecule has 0 bridgehead atoms. The fourth-order valence-corrected chi connectivity index (χ4v) is 2.44. The molecule has 0 spiro atoms. The minimum absolute atomic E-state index is 0.189. The lowest BCUT2D eigenvalue weighted by Gasteiger charge is -2.19. The van der Waals surface area contributed by atoms with Crippen molar-refractivity contribution >= 4 is 45.0 Å². The Labute approximate surface area is 113 Å². The predicted octanol–water partition coefficient (Wildman–Crippen LogP) is 3.39. The molecule has 1 aromatic carbocycles. The third-order valence-electron chi connectivity index (χ3n) is 2.77. The van der Waals surface area contributed by atoms with Crippen molar-refractivity contribution in [2.75, 3.05) is 4.90 Å². The van der Waals surface area contributed by atoms with E-state index in [1.54, 1.807) is 32.0 Å². The van der Waals surface area contributed by atoms with E-state index in [-0.39, 0.29) is 18.2 Å². The van der Waals surface area contributed by atoms with Crippen LogP contribution in [0.3, 0.4) is 0 Å². The summed E-state index contributed by atoms with van der Waals surface area (Å²) in [7, 11) is 0. The molecule has 0 saturated carbocycles. The number of halogens is 2. The van der Waals surface area contributed by atoms with Crippen LogP contribution in [0, 0.1) is 5.41 Å². The summed E-state index contributed by atoms with van der Waals surface area (Å²) >= 11 is 9.22. The smallest absolute Gasteiger partial charge is 0.239 e. The first kappa shape index (κ1) is 12.6. The van der Waals surface area contributed by atoms with Crippen LogP contribution in [0.1, 0.15) is 20.3 Å². The van der Waals surface area contributed by atoms with Crippen molar-refractivity contribution in [2.45, 2.75) is 20.3 Å². The number of carbonyl (C=O) groups excluding carboxylic acids is 2. The Morgan fingerprint density at radius 3 is 2.53 bits per heavy atom. The number of rotatable bonds is 1. The number of amides is 2. The van der Waals surface area contributed by atoms with Gasteiger partial charge in [-0.3, -0.25) is 9.59 Å². The molecule has 1 heterocycles. The Bertz CT molecular complexity index is 513. The van der Waals surface area contributed by atoms with Crippen molar-refractivity contribution in [2.24, 2.45) is 5.41 Å². The van der Waals surface area contributed by atoms with Crippen molar-refractivity contribution < 1.29 is 9.59 Å². The highest BCUT2D eigenvalue weighted by Gasteiger charge is 2.46. The van der Waals surface area contributed by atoms with Gasteiger partial charge in [-0.05, 0) is 34.1 Å². The maximum atomic E-state index is 12.1. The molecular formula is C12H11BrClNO2. The van der Waals surface area contributed by atoms with Crippen LogP contribution in [0.25, 0.3) is 0 Å². The van der Waals surface area contributed by atoms with E-state index in [1.165, 1.54) is 4.90 Å². The van der Waals surface area contributed by atoms with E-state index >= 15 is 0 Å². The van der Waals surface area contributed by atoms with Crippen LogP contribution in [-0.2, 0) is 9.59 Å². The monoisotopic (exact) mass is 315 g/mol. The van der Waals surface area contributed by atoms with E-state index in [0.29, 0.717) is 15.2 Å². The number of hydrogen-bond acceptors (Lipinski definition) is 2. The molecular weight excluding hydrogens is 305 g/mol. The molecule has 1 aliphatic rings. The summed E-state index contributed by atoms with van der Waals surface area (Å²) in [6.07, 6.45) is 0.227. The fraction of sp³-hybridized carbons (Fsp3) is 0.333. The van der Waals surface area contributed by atoms with Crippen molar-refractivity contribution in [1.29, 1.82) is 0 Å². The van der Waals surface area contributed by atoms with Crippen molar-refractivity contribution in [3.05, 3.63) is 27.7 Å². The number of imide groups is 1. The highest BCUT2D eigenvalue weighted by Crippen LogP contribution is 2.38. The Kier molecular flexibility index (Phi) is 3.04. The van der Waals surface area contributed by atoms with Gasteiger partial charge >= 0.3 is 0 Å². The molecule has 3 nitrogen and oxygen atoms in total. The molecule has 17 heavy (non-hydrogen) atoms. The van der Waals surface area contributed by atoms with Crippen LogP contribution in [-0.4, -0.2) is 11.8 Å². The number of carbonyl (C=O) groups is 2. The zero-order valence-corrected chi connectivity index (χ0v) is 11.8. The van der Waals surface area contributed by atoms with Crippen LogP contribution in [0.4, 0.5) is 5.69 Å². The minimum atomic E-state index is -0.640. The molecule has 90 valence electrons. The maximum absolute atomic E-state index is 12.1. The van der Waals surface area contributed by atoms with Gasteiger partial charge in [0.2, 0.25) is 11.8 Å². The largest absolute Gasteiger partial charge is 0.274 e. The molecule has 0 atom stereocenters.